The fraction of sp³-hybridized carbons (Fsp3) is 0.500. The van der Waals surface area contributed by atoms with Crippen LogP contribution in [0.2, 0.25) is 0 Å². The van der Waals surface area contributed by atoms with Crippen LogP contribution in [0.1, 0.15) is 19.4 Å². The van der Waals surface area contributed by atoms with Gasteiger partial charge in [0.25, 0.3) is 5.56 Å². The van der Waals surface area contributed by atoms with Gasteiger partial charge in [-0.05, 0) is 6.92 Å². The lowest BCUT2D eigenvalue weighted by atomic mass is 10.4. The van der Waals surface area contributed by atoms with Crippen LogP contribution in [-0.4, -0.2) is 35.3 Å². The van der Waals surface area contributed by atoms with Crippen molar-refractivity contribution in [2.75, 3.05) is 14.1 Å². The average molecular weight is 210 g/mol. The minimum absolute atomic E-state index is 0.152. The highest BCUT2D eigenvalue weighted by molar-refractivity contribution is 5.57. The Kier molecular flexibility index (Phi) is 6.01. The molecule has 84 valence electrons. The molecular weight excluding hydrogens is 192 g/mol. The summed E-state index contributed by atoms with van der Waals surface area (Å²) < 4.78 is 0. The number of hydrogen-bond acceptors (Lipinski definition) is 3. The van der Waals surface area contributed by atoms with Gasteiger partial charge in [0, 0.05) is 25.9 Å². The molecule has 0 fully saturated rings. The molecule has 1 aromatic rings. The number of aryl methyl sites for hydroxylation is 1. The summed E-state index contributed by atoms with van der Waals surface area (Å²) in [5, 5.41) is 0. The molecule has 15 heavy (non-hydrogen) atoms. The second-order valence-corrected chi connectivity index (χ2v) is 2.93. The average Bonchev–Trinajstić information content (AvgIpc) is 2.23. The van der Waals surface area contributed by atoms with Gasteiger partial charge in [-0.3, -0.25) is 9.78 Å². The van der Waals surface area contributed by atoms with E-state index in [9.17, 15) is 4.79 Å². The van der Waals surface area contributed by atoms with E-state index in [1.807, 2.05) is 27.9 Å². The van der Waals surface area contributed by atoms with Crippen LogP contribution in [0.4, 0.5) is 5.95 Å². The number of nitrogens with zero attached hydrogens (tertiary/aromatic N) is 3. The highest BCUT2D eigenvalue weighted by atomic mass is 16.1. The van der Waals surface area contributed by atoms with Crippen molar-refractivity contribution in [1.82, 2.24) is 14.9 Å². The van der Waals surface area contributed by atoms with Crippen LogP contribution in [0.25, 0.3) is 0 Å². The molecule has 1 N–H and O–H groups in total. The second kappa shape index (κ2) is 6.75. The third-order valence-corrected chi connectivity index (χ3v) is 1.37. The lowest BCUT2D eigenvalue weighted by Crippen LogP contribution is -2.11. The van der Waals surface area contributed by atoms with Crippen molar-refractivity contribution < 1.29 is 0 Å². The van der Waals surface area contributed by atoms with Gasteiger partial charge in [0.2, 0.25) is 5.95 Å². The SMILES string of the molecule is CC.Cc1cnc(/N=C/N(C)C)[nH]c1=O. The third kappa shape index (κ3) is 4.95. The molecule has 0 aliphatic rings. The van der Waals surface area contributed by atoms with Crippen LogP contribution in [0.5, 0.6) is 0 Å². The van der Waals surface area contributed by atoms with Crippen molar-refractivity contribution >= 4 is 12.3 Å². The molecule has 1 rings (SSSR count). The molecule has 0 bridgehead atoms. The number of aromatic nitrogens is 2. The van der Waals surface area contributed by atoms with Crippen LogP contribution in [-0.2, 0) is 0 Å². The van der Waals surface area contributed by atoms with Crippen molar-refractivity contribution in [3.63, 3.8) is 0 Å². The Morgan fingerprint density at radius 1 is 1.47 bits per heavy atom. The first-order valence-electron chi connectivity index (χ1n) is 4.86. The molecule has 1 aromatic heterocycles. The van der Waals surface area contributed by atoms with Crippen LogP contribution in [0, 0.1) is 6.92 Å². The maximum atomic E-state index is 11.1. The molecular formula is C10H18N4O. The molecule has 0 amide bonds. The van der Waals surface area contributed by atoms with E-state index in [1.54, 1.807) is 18.2 Å². The minimum Gasteiger partial charge on any atom is -0.369 e. The summed E-state index contributed by atoms with van der Waals surface area (Å²) in [6.07, 6.45) is 3.08. The van der Waals surface area contributed by atoms with E-state index in [1.165, 1.54) is 6.20 Å². The molecule has 5 heteroatoms. The van der Waals surface area contributed by atoms with Crippen molar-refractivity contribution in [3.05, 3.63) is 22.1 Å². The van der Waals surface area contributed by atoms with Crippen molar-refractivity contribution in [2.24, 2.45) is 4.99 Å². The van der Waals surface area contributed by atoms with Gasteiger partial charge in [-0.2, -0.15) is 0 Å². The second-order valence-electron chi connectivity index (χ2n) is 2.93. The standard InChI is InChI=1S/C8H12N4O.C2H6/c1-6-4-9-8(11-7(6)13)10-5-12(2)3;1-2/h4-5H,1-3H3,(H,9,11,13);1-2H3/b10-5+;. The summed E-state index contributed by atoms with van der Waals surface area (Å²) >= 11 is 0. The van der Waals surface area contributed by atoms with Crippen LogP contribution < -0.4 is 5.56 Å². The van der Waals surface area contributed by atoms with Crippen LogP contribution in [0.3, 0.4) is 0 Å². The highest BCUT2D eigenvalue weighted by Crippen LogP contribution is 1.97. The Morgan fingerprint density at radius 2 is 2.07 bits per heavy atom. The van der Waals surface area contributed by atoms with E-state index < -0.39 is 0 Å². The number of rotatable bonds is 2. The highest BCUT2D eigenvalue weighted by Gasteiger charge is 1.94. The summed E-state index contributed by atoms with van der Waals surface area (Å²) in [6.45, 7) is 5.70. The first-order valence-corrected chi connectivity index (χ1v) is 4.86. The van der Waals surface area contributed by atoms with E-state index in [2.05, 4.69) is 15.0 Å². The predicted molar refractivity (Wildman–Crippen MR) is 62.8 cm³/mol. The quantitative estimate of drug-likeness (QED) is 0.591. The van der Waals surface area contributed by atoms with Gasteiger partial charge in [0.15, 0.2) is 0 Å². The molecule has 0 spiro atoms. The normalized spacial score (nSPS) is 9.67. The number of H-pyrrole nitrogens is 1. The Labute approximate surface area is 89.9 Å². The van der Waals surface area contributed by atoms with E-state index in [0.717, 1.165) is 0 Å². The first kappa shape index (κ1) is 13.4. The van der Waals surface area contributed by atoms with Gasteiger partial charge in [-0.15, -0.1) is 0 Å². The Bertz CT molecular complexity index is 368. The number of hydrogen-bond donors (Lipinski definition) is 1. The Morgan fingerprint density at radius 3 is 2.53 bits per heavy atom. The molecule has 0 saturated carbocycles. The number of aliphatic imine (C=N–C) groups is 1. The first-order chi connectivity index (χ1) is 7.09. The predicted octanol–water partition coefficient (Wildman–Crippen LogP) is 1.33. The van der Waals surface area contributed by atoms with E-state index >= 15 is 0 Å². The van der Waals surface area contributed by atoms with Gasteiger partial charge in [0.05, 0.1) is 6.34 Å². The Balaban J connectivity index is 0.000000921. The Hall–Kier alpha value is -1.65. The number of aromatic amines is 1. The van der Waals surface area contributed by atoms with E-state index in [0.29, 0.717) is 11.5 Å². The van der Waals surface area contributed by atoms with Gasteiger partial charge >= 0.3 is 0 Å². The molecule has 0 unspecified atom stereocenters. The topological polar surface area (TPSA) is 61.4 Å². The van der Waals surface area contributed by atoms with Gasteiger partial charge in [-0.1, -0.05) is 13.8 Å². The molecule has 1 heterocycles. The smallest absolute Gasteiger partial charge is 0.255 e. The molecule has 0 radical (unpaired) electrons. The maximum absolute atomic E-state index is 11.1. The monoisotopic (exact) mass is 210 g/mol. The zero-order valence-electron chi connectivity index (χ0n) is 9.90. The molecule has 0 aliphatic heterocycles. The number of nitrogens with one attached hydrogen (secondary N) is 1. The van der Waals surface area contributed by atoms with Crippen molar-refractivity contribution in [3.8, 4) is 0 Å². The zero-order chi connectivity index (χ0) is 11.8. The third-order valence-electron chi connectivity index (χ3n) is 1.37. The van der Waals surface area contributed by atoms with Gasteiger partial charge in [-0.25, -0.2) is 9.98 Å². The lowest BCUT2D eigenvalue weighted by molar-refractivity contribution is 0.642. The van der Waals surface area contributed by atoms with Gasteiger partial charge in [0.1, 0.15) is 0 Å². The van der Waals surface area contributed by atoms with Crippen molar-refractivity contribution in [2.45, 2.75) is 20.8 Å². The zero-order valence-corrected chi connectivity index (χ0v) is 9.90. The minimum atomic E-state index is -0.152. The molecule has 0 aliphatic carbocycles. The summed E-state index contributed by atoms with van der Waals surface area (Å²) in [5.74, 6) is 0.323. The molecule has 0 saturated heterocycles. The van der Waals surface area contributed by atoms with Crippen LogP contribution >= 0.6 is 0 Å². The largest absolute Gasteiger partial charge is 0.369 e. The van der Waals surface area contributed by atoms with Crippen molar-refractivity contribution in [1.29, 1.82) is 0 Å². The fourth-order valence-electron chi connectivity index (χ4n) is 0.685. The summed E-state index contributed by atoms with van der Waals surface area (Å²) in [7, 11) is 3.69. The van der Waals surface area contributed by atoms with E-state index in [-0.39, 0.29) is 5.56 Å². The molecule has 5 nitrogen and oxygen atoms in total. The fourth-order valence-corrected chi connectivity index (χ4v) is 0.685. The van der Waals surface area contributed by atoms with E-state index in [4.69, 9.17) is 0 Å². The molecule has 0 atom stereocenters. The van der Waals surface area contributed by atoms with Crippen LogP contribution in [0.15, 0.2) is 16.0 Å². The lowest BCUT2D eigenvalue weighted by Gasteiger charge is -2.01. The maximum Gasteiger partial charge on any atom is 0.255 e. The van der Waals surface area contributed by atoms with Gasteiger partial charge < -0.3 is 4.90 Å². The molecule has 0 aromatic carbocycles. The summed E-state index contributed by atoms with van der Waals surface area (Å²) in [6, 6.07) is 0. The summed E-state index contributed by atoms with van der Waals surface area (Å²) in [4.78, 5) is 23.3. The summed E-state index contributed by atoms with van der Waals surface area (Å²) in [5.41, 5.74) is 0.435.